The van der Waals surface area contributed by atoms with E-state index in [4.69, 9.17) is 16.3 Å². The van der Waals surface area contributed by atoms with E-state index in [1.165, 1.54) is 6.08 Å². The summed E-state index contributed by atoms with van der Waals surface area (Å²) >= 11 is 9.36. The molecule has 0 aliphatic heterocycles. The second-order valence-electron chi connectivity index (χ2n) is 8.43. The number of para-hydroxylation sites is 1. The van der Waals surface area contributed by atoms with Gasteiger partial charge in [-0.05, 0) is 77.6 Å². The van der Waals surface area contributed by atoms with Crippen LogP contribution in [0.2, 0.25) is 5.02 Å². The van der Waals surface area contributed by atoms with Gasteiger partial charge in [-0.1, -0.05) is 94.3 Å². The molecule has 4 aromatic carbocycles. The number of carboxylic acid groups (broad SMARTS) is 1. The molecule has 0 aromatic heterocycles. The summed E-state index contributed by atoms with van der Waals surface area (Å²) in [7, 11) is 0. The van der Waals surface area contributed by atoms with Gasteiger partial charge >= 0.3 is 5.97 Å². The molecule has 0 heterocycles. The van der Waals surface area contributed by atoms with Crippen molar-refractivity contribution in [1.82, 2.24) is 0 Å². The first-order chi connectivity index (χ1) is 17.9. The van der Waals surface area contributed by atoms with Crippen LogP contribution in [0.3, 0.4) is 0 Å². The van der Waals surface area contributed by atoms with Crippen LogP contribution in [0, 0.1) is 0 Å². The van der Waals surface area contributed by atoms with Crippen molar-refractivity contribution in [3.8, 4) is 16.9 Å². The topological polar surface area (TPSA) is 63.6 Å². The van der Waals surface area contributed by atoms with E-state index in [1.807, 2.05) is 72.8 Å². The van der Waals surface area contributed by atoms with Crippen molar-refractivity contribution in [1.29, 1.82) is 0 Å². The molecule has 4 nitrogen and oxygen atoms in total. The predicted molar refractivity (Wildman–Crippen MR) is 151 cm³/mol. The third-order valence-electron chi connectivity index (χ3n) is 5.82. The second-order valence-corrected chi connectivity index (χ2v) is 9.78. The first-order valence-corrected chi connectivity index (χ1v) is 12.9. The summed E-state index contributed by atoms with van der Waals surface area (Å²) in [5.41, 5.74) is 4.29. The van der Waals surface area contributed by atoms with Gasteiger partial charge in [0.2, 0.25) is 0 Å². The van der Waals surface area contributed by atoms with E-state index in [9.17, 15) is 14.7 Å². The van der Waals surface area contributed by atoms with E-state index < -0.39 is 12.1 Å². The van der Waals surface area contributed by atoms with Crippen LogP contribution in [-0.2, 0) is 11.2 Å². The standard InChI is InChI=1S/C31H24BrClO4/c32-25-15-7-22(8-16-25)9-19-28(34)27-3-1-2-4-29(27)37-30(31(35)36)20-10-21-5-11-23(12-6-21)24-13-17-26(33)18-14-24/h1-9,11-19,30H,10,20H2,(H,35,36). The molecule has 6 heteroatoms. The molecular formula is C31H24BrClO4. The Balaban J connectivity index is 1.42. The number of hydrogen-bond acceptors (Lipinski definition) is 3. The highest BCUT2D eigenvalue weighted by Crippen LogP contribution is 2.24. The average Bonchev–Trinajstić information content (AvgIpc) is 2.91. The van der Waals surface area contributed by atoms with Gasteiger partial charge in [0.25, 0.3) is 0 Å². The lowest BCUT2D eigenvalue weighted by molar-refractivity contribution is -0.145. The molecule has 0 aliphatic carbocycles. The maximum atomic E-state index is 12.9. The Kier molecular flexibility index (Phi) is 8.94. The van der Waals surface area contributed by atoms with Gasteiger partial charge in [0.1, 0.15) is 5.75 Å². The number of halogens is 2. The van der Waals surface area contributed by atoms with Crippen LogP contribution in [0.25, 0.3) is 17.2 Å². The lowest BCUT2D eigenvalue weighted by Crippen LogP contribution is -2.28. The lowest BCUT2D eigenvalue weighted by atomic mass is 10.0. The monoisotopic (exact) mass is 574 g/mol. The molecule has 0 bridgehead atoms. The fourth-order valence-corrected chi connectivity index (χ4v) is 4.19. The Hall–Kier alpha value is -3.67. The van der Waals surface area contributed by atoms with Gasteiger partial charge in [-0.2, -0.15) is 0 Å². The summed E-state index contributed by atoms with van der Waals surface area (Å²) < 4.78 is 6.80. The molecule has 0 radical (unpaired) electrons. The third kappa shape index (κ3) is 7.42. The predicted octanol–water partition coefficient (Wildman–Crippen LogP) is 8.13. The molecule has 0 saturated heterocycles. The third-order valence-corrected chi connectivity index (χ3v) is 6.60. The van der Waals surface area contributed by atoms with E-state index in [0.717, 1.165) is 26.7 Å². The van der Waals surface area contributed by atoms with Crippen molar-refractivity contribution >= 4 is 45.4 Å². The van der Waals surface area contributed by atoms with E-state index >= 15 is 0 Å². The molecule has 0 aliphatic rings. The Labute approximate surface area is 229 Å². The second kappa shape index (κ2) is 12.5. The number of rotatable bonds is 10. The largest absolute Gasteiger partial charge is 0.479 e. The molecule has 0 amide bonds. The average molecular weight is 576 g/mol. The van der Waals surface area contributed by atoms with E-state index in [1.54, 1.807) is 30.3 Å². The quantitative estimate of drug-likeness (QED) is 0.153. The smallest absolute Gasteiger partial charge is 0.344 e. The number of carboxylic acids is 1. The molecule has 1 unspecified atom stereocenters. The molecular weight excluding hydrogens is 552 g/mol. The van der Waals surface area contributed by atoms with Gasteiger partial charge < -0.3 is 9.84 Å². The lowest BCUT2D eigenvalue weighted by Gasteiger charge is -2.17. The minimum Gasteiger partial charge on any atom is -0.479 e. The number of carbonyl (C=O) groups excluding carboxylic acids is 1. The number of aliphatic carboxylic acids is 1. The van der Waals surface area contributed by atoms with Crippen LogP contribution >= 0.6 is 27.5 Å². The number of benzene rings is 4. The van der Waals surface area contributed by atoms with E-state index in [0.29, 0.717) is 17.0 Å². The van der Waals surface area contributed by atoms with E-state index in [2.05, 4.69) is 15.9 Å². The molecule has 186 valence electrons. The van der Waals surface area contributed by atoms with Crippen molar-refractivity contribution < 1.29 is 19.4 Å². The maximum Gasteiger partial charge on any atom is 0.344 e. The highest BCUT2D eigenvalue weighted by molar-refractivity contribution is 9.10. The van der Waals surface area contributed by atoms with Gasteiger partial charge in [0.15, 0.2) is 11.9 Å². The molecule has 0 fully saturated rings. The van der Waals surface area contributed by atoms with Crippen LogP contribution in [0.15, 0.2) is 108 Å². The first-order valence-electron chi connectivity index (χ1n) is 11.7. The molecule has 0 saturated carbocycles. The normalized spacial score (nSPS) is 11.8. The highest BCUT2D eigenvalue weighted by atomic mass is 79.9. The minimum atomic E-state index is -1.10. The molecule has 4 aromatic rings. The van der Waals surface area contributed by atoms with Crippen LogP contribution < -0.4 is 4.74 Å². The SMILES string of the molecule is O=C(C=Cc1ccc(Br)cc1)c1ccccc1OC(CCc1ccc(-c2ccc(Cl)cc2)cc1)C(=O)O. The number of allylic oxidation sites excluding steroid dienone is 1. The van der Waals surface area contributed by atoms with Crippen molar-refractivity contribution in [3.63, 3.8) is 0 Å². The molecule has 1 atom stereocenters. The van der Waals surface area contributed by atoms with Crippen molar-refractivity contribution in [2.45, 2.75) is 18.9 Å². The summed E-state index contributed by atoms with van der Waals surface area (Å²) in [6.45, 7) is 0. The van der Waals surface area contributed by atoms with Gasteiger partial charge in [-0.15, -0.1) is 0 Å². The van der Waals surface area contributed by atoms with Crippen molar-refractivity contribution in [2.24, 2.45) is 0 Å². The zero-order valence-electron chi connectivity index (χ0n) is 19.8. The first kappa shape index (κ1) is 26.4. The molecule has 1 N–H and O–H groups in total. The van der Waals surface area contributed by atoms with E-state index in [-0.39, 0.29) is 18.0 Å². The van der Waals surface area contributed by atoms with Crippen LogP contribution in [0.4, 0.5) is 0 Å². The highest BCUT2D eigenvalue weighted by Gasteiger charge is 2.22. The fraction of sp³-hybridized carbons (Fsp3) is 0.0968. The van der Waals surface area contributed by atoms with Gasteiger partial charge in [-0.25, -0.2) is 4.79 Å². The molecule has 0 spiro atoms. The number of hydrogen-bond donors (Lipinski definition) is 1. The number of ketones is 1. The zero-order valence-corrected chi connectivity index (χ0v) is 22.2. The summed E-state index contributed by atoms with van der Waals surface area (Å²) in [5, 5.41) is 10.5. The Morgan fingerprint density at radius 2 is 1.49 bits per heavy atom. The summed E-state index contributed by atoms with van der Waals surface area (Å²) in [6, 6.07) is 29.8. The van der Waals surface area contributed by atoms with Crippen LogP contribution in [0.5, 0.6) is 5.75 Å². The maximum absolute atomic E-state index is 12.9. The van der Waals surface area contributed by atoms with Crippen molar-refractivity contribution in [3.05, 3.63) is 129 Å². The summed E-state index contributed by atoms with van der Waals surface area (Å²) in [5.74, 6) is -1.09. The van der Waals surface area contributed by atoms with Crippen LogP contribution in [-0.4, -0.2) is 23.0 Å². The zero-order chi connectivity index (χ0) is 26.2. The number of aryl methyl sites for hydroxylation is 1. The summed E-state index contributed by atoms with van der Waals surface area (Å²) in [4.78, 5) is 24.8. The van der Waals surface area contributed by atoms with Gasteiger partial charge in [0, 0.05) is 9.50 Å². The molecule has 37 heavy (non-hydrogen) atoms. The summed E-state index contributed by atoms with van der Waals surface area (Å²) in [6.07, 6.45) is 2.85. The Morgan fingerprint density at radius 3 is 2.14 bits per heavy atom. The molecule has 4 rings (SSSR count). The minimum absolute atomic E-state index is 0.249. The van der Waals surface area contributed by atoms with Crippen LogP contribution in [0.1, 0.15) is 27.9 Å². The Morgan fingerprint density at radius 1 is 0.865 bits per heavy atom. The number of carbonyl (C=O) groups is 2. The Bertz CT molecular complexity index is 1390. The fourth-order valence-electron chi connectivity index (χ4n) is 3.80. The number of ether oxygens (including phenoxy) is 1. The van der Waals surface area contributed by atoms with Crippen molar-refractivity contribution in [2.75, 3.05) is 0 Å². The van der Waals surface area contributed by atoms with Gasteiger partial charge in [-0.3, -0.25) is 4.79 Å². The van der Waals surface area contributed by atoms with Gasteiger partial charge in [0.05, 0.1) is 5.56 Å².